The molecule has 5 nitrogen and oxygen atoms in total. The van der Waals surface area contributed by atoms with Gasteiger partial charge in [0, 0.05) is 18.7 Å². The van der Waals surface area contributed by atoms with Crippen LogP contribution in [0, 0.1) is 5.82 Å². The molecule has 1 fully saturated rings. The summed E-state index contributed by atoms with van der Waals surface area (Å²) < 4.78 is 15.2. The third-order valence-corrected chi connectivity index (χ3v) is 4.09. The first-order chi connectivity index (χ1) is 10.7. The van der Waals surface area contributed by atoms with Crippen molar-refractivity contribution in [2.75, 3.05) is 23.7 Å². The molecule has 4 rings (SSSR count). The van der Waals surface area contributed by atoms with E-state index < -0.39 is 0 Å². The largest absolute Gasteiger partial charge is 0.382 e. The normalized spacial score (nSPS) is 14.9. The fourth-order valence-corrected chi connectivity index (χ4v) is 3.06. The highest BCUT2D eigenvalue weighted by molar-refractivity contribution is 5.87. The van der Waals surface area contributed by atoms with Crippen LogP contribution in [0.3, 0.4) is 0 Å². The molecule has 0 unspecified atom stereocenters. The summed E-state index contributed by atoms with van der Waals surface area (Å²) in [5, 5.41) is 4.36. The molecule has 1 aliphatic heterocycles. The Labute approximate surface area is 127 Å². The smallest absolute Gasteiger partial charge is 0.180 e. The van der Waals surface area contributed by atoms with E-state index in [-0.39, 0.29) is 5.82 Å². The Kier molecular flexibility index (Phi) is 2.96. The second kappa shape index (κ2) is 4.98. The number of halogens is 1. The van der Waals surface area contributed by atoms with Crippen molar-refractivity contribution in [1.82, 2.24) is 14.6 Å². The number of nitrogens with zero attached hydrogens (tertiary/aromatic N) is 4. The molecule has 3 aromatic rings. The van der Waals surface area contributed by atoms with Crippen LogP contribution in [0.25, 0.3) is 16.8 Å². The van der Waals surface area contributed by atoms with Crippen LogP contribution in [0.15, 0.2) is 36.7 Å². The van der Waals surface area contributed by atoms with Gasteiger partial charge in [-0.3, -0.25) is 0 Å². The number of nitrogen functional groups attached to an aromatic ring is 1. The number of imidazole rings is 1. The number of hydrogen-bond acceptors (Lipinski definition) is 4. The van der Waals surface area contributed by atoms with Gasteiger partial charge in [0.2, 0.25) is 0 Å². The van der Waals surface area contributed by atoms with Gasteiger partial charge in [-0.15, -0.1) is 0 Å². The molecule has 3 heterocycles. The highest BCUT2D eigenvalue weighted by Gasteiger charge is 2.22. The number of fused-ring (bicyclic) bond motifs is 1. The third-order valence-electron chi connectivity index (χ3n) is 4.09. The first kappa shape index (κ1) is 13.1. The highest BCUT2D eigenvalue weighted by atomic mass is 19.1. The monoisotopic (exact) mass is 297 g/mol. The van der Waals surface area contributed by atoms with Crippen LogP contribution in [-0.2, 0) is 0 Å². The van der Waals surface area contributed by atoms with E-state index in [1.165, 1.54) is 12.1 Å². The second-order valence-corrected chi connectivity index (χ2v) is 5.53. The highest BCUT2D eigenvalue weighted by Crippen LogP contribution is 2.36. The zero-order valence-corrected chi connectivity index (χ0v) is 12.0. The van der Waals surface area contributed by atoms with Crippen molar-refractivity contribution >= 4 is 17.2 Å². The summed E-state index contributed by atoms with van der Waals surface area (Å²) in [5.41, 5.74) is 9.31. The first-order valence-electron chi connectivity index (χ1n) is 7.37. The average molecular weight is 297 g/mol. The summed E-state index contributed by atoms with van der Waals surface area (Å²) in [6, 6.07) is 6.57. The maximum absolute atomic E-state index is 13.6. The van der Waals surface area contributed by atoms with Crippen LogP contribution >= 0.6 is 0 Å². The maximum atomic E-state index is 13.6. The number of nitrogens with two attached hydrogens (primary N) is 1. The predicted octanol–water partition coefficient (Wildman–Crippen LogP) is 2.72. The van der Waals surface area contributed by atoms with Crippen LogP contribution in [-0.4, -0.2) is 27.7 Å². The van der Waals surface area contributed by atoms with E-state index in [1.807, 2.05) is 6.07 Å². The molecule has 1 aromatic carbocycles. The van der Waals surface area contributed by atoms with Gasteiger partial charge in [-0.05, 0) is 30.5 Å². The SMILES string of the molecule is Nc1cnc2c(N3CCCC3)c(-c3cccc(F)c3)cnn12. The van der Waals surface area contributed by atoms with Crippen molar-refractivity contribution in [3.05, 3.63) is 42.5 Å². The van der Waals surface area contributed by atoms with Gasteiger partial charge in [-0.25, -0.2) is 9.37 Å². The summed E-state index contributed by atoms with van der Waals surface area (Å²) in [4.78, 5) is 6.69. The minimum Gasteiger partial charge on any atom is -0.382 e. The van der Waals surface area contributed by atoms with Crippen molar-refractivity contribution < 1.29 is 4.39 Å². The molecule has 0 atom stereocenters. The molecule has 1 aliphatic rings. The van der Waals surface area contributed by atoms with E-state index in [1.54, 1.807) is 23.0 Å². The molecule has 0 amide bonds. The Hall–Kier alpha value is -2.63. The van der Waals surface area contributed by atoms with Crippen molar-refractivity contribution in [3.63, 3.8) is 0 Å². The van der Waals surface area contributed by atoms with Gasteiger partial charge in [0.1, 0.15) is 11.6 Å². The van der Waals surface area contributed by atoms with Crippen molar-refractivity contribution in [3.8, 4) is 11.1 Å². The molecule has 0 bridgehead atoms. The van der Waals surface area contributed by atoms with Crippen molar-refractivity contribution in [2.45, 2.75) is 12.8 Å². The zero-order chi connectivity index (χ0) is 15.1. The summed E-state index contributed by atoms with van der Waals surface area (Å²) in [6.45, 7) is 1.93. The average Bonchev–Trinajstić information content (AvgIpc) is 3.17. The minimum absolute atomic E-state index is 0.257. The van der Waals surface area contributed by atoms with Crippen LogP contribution in [0.4, 0.5) is 15.9 Å². The Morgan fingerprint density at radius 3 is 2.73 bits per heavy atom. The molecule has 2 aromatic heterocycles. The molecule has 0 saturated carbocycles. The van der Waals surface area contributed by atoms with Crippen LogP contribution < -0.4 is 10.6 Å². The number of aromatic nitrogens is 3. The van der Waals surface area contributed by atoms with Crippen LogP contribution in [0.2, 0.25) is 0 Å². The molecule has 6 heteroatoms. The van der Waals surface area contributed by atoms with Crippen LogP contribution in [0.5, 0.6) is 0 Å². The Bertz CT molecular complexity index is 836. The number of hydrogen-bond donors (Lipinski definition) is 1. The summed E-state index contributed by atoms with van der Waals surface area (Å²) in [7, 11) is 0. The van der Waals surface area contributed by atoms with E-state index in [4.69, 9.17) is 5.73 Å². The fraction of sp³-hybridized carbons (Fsp3) is 0.250. The van der Waals surface area contributed by atoms with Gasteiger partial charge in [0.15, 0.2) is 5.65 Å². The molecular weight excluding hydrogens is 281 g/mol. The molecule has 0 radical (unpaired) electrons. The molecule has 22 heavy (non-hydrogen) atoms. The number of anilines is 2. The van der Waals surface area contributed by atoms with Crippen molar-refractivity contribution in [2.24, 2.45) is 0 Å². The molecule has 112 valence electrons. The summed E-state index contributed by atoms with van der Waals surface area (Å²) >= 11 is 0. The van der Waals surface area contributed by atoms with E-state index in [0.717, 1.165) is 48.4 Å². The van der Waals surface area contributed by atoms with E-state index >= 15 is 0 Å². The van der Waals surface area contributed by atoms with E-state index in [9.17, 15) is 4.39 Å². The molecule has 1 saturated heterocycles. The Morgan fingerprint density at radius 2 is 1.95 bits per heavy atom. The van der Waals surface area contributed by atoms with Crippen molar-refractivity contribution in [1.29, 1.82) is 0 Å². The predicted molar refractivity (Wildman–Crippen MR) is 84.2 cm³/mol. The molecule has 2 N–H and O–H groups in total. The lowest BCUT2D eigenvalue weighted by Gasteiger charge is -2.21. The molecule has 0 aliphatic carbocycles. The van der Waals surface area contributed by atoms with Gasteiger partial charge in [-0.1, -0.05) is 12.1 Å². The number of benzene rings is 1. The zero-order valence-electron chi connectivity index (χ0n) is 12.0. The minimum atomic E-state index is -0.257. The van der Waals surface area contributed by atoms with Gasteiger partial charge in [0.25, 0.3) is 0 Å². The fourth-order valence-electron chi connectivity index (χ4n) is 3.06. The van der Waals surface area contributed by atoms with Crippen LogP contribution in [0.1, 0.15) is 12.8 Å². The molecule has 0 spiro atoms. The van der Waals surface area contributed by atoms with Gasteiger partial charge < -0.3 is 10.6 Å². The second-order valence-electron chi connectivity index (χ2n) is 5.53. The summed E-state index contributed by atoms with van der Waals surface area (Å²) in [5.74, 6) is 0.244. The Morgan fingerprint density at radius 1 is 1.14 bits per heavy atom. The molecular formula is C16H16FN5. The first-order valence-corrected chi connectivity index (χ1v) is 7.37. The third kappa shape index (κ3) is 1.99. The van der Waals surface area contributed by atoms with E-state index in [0.29, 0.717) is 5.82 Å². The number of rotatable bonds is 2. The topological polar surface area (TPSA) is 59.5 Å². The quantitative estimate of drug-likeness (QED) is 0.790. The van der Waals surface area contributed by atoms with Gasteiger partial charge in [0.05, 0.1) is 18.1 Å². The Balaban J connectivity index is 1.99. The van der Waals surface area contributed by atoms with E-state index in [2.05, 4.69) is 15.0 Å². The lowest BCUT2D eigenvalue weighted by Crippen LogP contribution is -2.20. The van der Waals surface area contributed by atoms with Gasteiger partial charge >= 0.3 is 0 Å². The maximum Gasteiger partial charge on any atom is 0.180 e. The van der Waals surface area contributed by atoms with Gasteiger partial charge in [-0.2, -0.15) is 9.61 Å². The summed E-state index contributed by atoms with van der Waals surface area (Å²) in [6.07, 6.45) is 5.64. The standard InChI is InChI=1S/C16H16FN5/c17-12-5-3-4-11(8-12)13-9-20-22-14(18)10-19-16(22)15(13)21-6-1-2-7-21/h3-5,8-10H,1-2,6-7,18H2. The lowest BCUT2D eigenvalue weighted by atomic mass is 10.1. The lowest BCUT2D eigenvalue weighted by molar-refractivity contribution is 0.628.